The fraction of sp³-hybridized carbons (Fsp3) is 0.800. The first-order valence-electron chi connectivity index (χ1n) is 7.36. The van der Waals surface area contributed by atoms with Crippen molar-refractivity contribution in [1.82, 2.24) is 15.1 Å². The normalized spacial score (nSPS) is 13.7. The third-order valence-corrected chi connectivity index (χ3v) is 3.78. The Bertz CT molecular complexity index is 404. The molecule has 0 radical (unpaired) electrons. The Morgan fingerprint density at radius 2 is 2.20 bits per heavy atom. The molecule has 0 saturated heterocycles. The molecule has 116 valence electrons. The molecule has 0 saturated carbocycles. The second kappa shape index (κ2) is 8.01. The molecular formula is C15H28ClN3O. The summed E-state index contributed by atoms with van der Waals surface area (Å²) in [6.45, 7) is 11.3. The summed E-state index contributed by atoms with van der Waals surface area (Å²) < 4.78 is 7.11. The van der Waals surface area contributed by atoms with Crippen molar-refractivity contribution in [2.75, 3.05) is 20.3 Å². The summed E-state index contributed by atoms with van der Waals surface area (Å²) in [6.07, 6.45) is 3.90. The van der Waals surface area contributed by atoms with Gasteiger partial charge in [0.05, 0.1) is 30.1 Å². The van der Waals surface area contributed by atoms with E-state index >= 15 is 0 Å². The minimum Gasteiger partial charge on any atom is -0.383 e. The zero-order valence-corrected chi connectivity index (χ0v) is 14.1. The van der Waals surface area contributed by atoms with E-state index in [4.69, 9.17) is 16.3 Å². The Balaban J connectivity index is 2.82. The molecule has 0 spiro atoms. The standard InChI is InChI=1S/C15H28ClN3O/c1-6-7-17-12(2)10-15(3,4)14-13(16)11-18-19(14)8-9-20-5/h11-12,17H,6-10H2,1-5H3. The monoisotopic (exact) mass is 301 g/mol. The molecule has 5 heteroatoms. The zero-order chi connectivity index (χ0) is 15.2. The molecule has 1 aromatic heterocycles. The second-order valence-electron chi connectivity index (χ2n) is 6.00. The van der Waals surface area contributed by atoms with Crippen LogP contribution in [-0.4, -0.2) is 36.1 Å². The van der Waals surface area contributed by atoms with Crippen molar-refractivity contribution in [3.63, 3.8) is 0 Å². The lowest BCUT2D eigenvalue weighted by Crippen LogP contribution is -2.35. The topological polar surface area (TPSA) is 39.1 Å². The molecule has 1 rings (SSSR count). The molecule has 0 aliphatic carbocycles. The van der Waals surface area contributed by atoms with E-state index in [0.717, 1.165) is 36.6 Å². The summed E-state index contributed by atoms with van der Waals surface area (Å²) in [5, 5.41) is 8.65. The lowest BCUT2D eigenvalue weighted by molar-refractivity contribution is 0.180. The highest BCUT2D eigenvalue weighted by molar-refractivity contribution is 6.31. The average Bonchev–Trinajstić information content (AvgIpc) is 2.75. The molecule has 1 heterocycles. The van der Waals surface area contributed by atoms with Crippen LogP contribution in [0.1, 0.15) is 46.2 Å². The van der Waals surface area contributed by atoms with E-state index in [1.54, 1.807) is 13.3 Å². The van der Waals surface area contributed by atoms with Crippen molar-refractivity contribution in [3.8, 4) is 0 Å². The number of nitrogens with zero attached hydrogens (tertiary/aromatic N) is 2. The molecule has 1 N–H and O–H groups in total. The average molecular weight is 302 g/mol. The van der Waals surface area contributed by atoms with Crippen LogP contribution in [0.5, 0.6) is 0 Å². The number of rotatable bonds is 9. The Hall–Kier alpha value is -0.580. The number of methoxy groups -OCH3 is 1. The van der Waals surface area contributed by atoms with Crippen molar-refractivity contribution in [3.05, 3.63) is 16.9 Å². The van der Waals surface area contributed by atoms with Gasteiger partial charge in [-0.1, -0.05) is 32.4 Å². The van der Waals surface area contributed by atoms with Gasteiger partial charge in [0.25, 0.3) is 0 Å². The lowest BCUT2D eigenvalue weighted by Gasteiger charge is -2.30. The molecule has 0 aromatic carbocycles. The Kier molecular flexibility index (Phi) is 7.00. The van der Waals surface area contributed by atoms with Gasteiger partial charge in [-0.05, 0) is 26.3 Å². The minimum absolute atomic E-state index is 0.0263. The fourth-order valence-corrected chi connectivity index (χ4v) is 3.10. The molecule has 1 aromatic rings. The van der Waals surface area contributed by atoms with Gasteiger partial charge in [-0.15, -0.1) is 0 Å². The van der Waals surface area contributed by atoms with Crippen LogP contribution in [0.2, 0.25) is 5.02 Å². The van der Waals surface area contributed by atoms with Crippen LogP contribution in [-0.2, 0) is 16.7 Å². The van der Waals surface area contributed by atoms with Gasteiger partial charge in [-0.25, -0.2) is 0 Å². The van der Waals surface area contributed by atoms with Gasteiger partial charge in [0.1, 0.15) is 0 Å². The summed E-state index contributed by atoms with van der Waals surface area (Å²) in [5.41, 5.74) is 1.07. The molecule has 0 amide bonds. The van der Waals surface area contributed by atoms with E-state index in [1.165, 1.54) is 0 Å². The van der Waals surface area contributed by atoms with E-state index in [9.17, 15) is 0 Å². The Morgan fingerprint density at radius 3 is 2.80 bits per heavy atom. The van der Waals surface area contributed by atoms with Crippen LogP contribution in [0.4, 0.5) is 0 Å². The fourth-order valence-electron chi connectivity index (χ4n) is 2.71. The largest absolute Gasteiger partial charge is 0.383 e. The predicted molar refractivity (Wildman–Crippen MR) is 84.5 cm³/mol. The molecular weight excluding hydrogens is 274 g/mol. The van der Waals surface area contributed by atoms with Gasteiger partial charge in [-0.2, -0.15) is 5.10 Å². The van der Waals surface area contributed by atoms with E-state index < -0.39 is 0 Å². The molecule has 4 nitrogen and oxygen atoms in total. The molecule has 1 unspecified atom stereocenters. The van der Waals surface area contributed by atoms with Crippen molar-refractivity contribution in [2.24, 2.45) is 0 Å². The summed E-state index contributed by atoms with van der Waals surface area (Å²) in [4.78, 5) is 0. The highest BCUT2D eigenvalue weighted by atomic mass is 35.5. The highest BCUT2D eigenvalue weighted by Crippen LogP contribution is 2.33. The van der Waals surface area contributed by atoms with Crippen LogP contribution in [0.25, 0.3) is 0 Å². The van der Waals surface area contributed by atoms with Gasteiger partial charge in [0.2, 0.25) is 0 Å². The molecule has 0 aliphatic rings. The van der Waals surface area contributed by atoms with Gasteiger partial charge in [-0.3, -0.25) is 4.68 Å². The van der Waals surface area contributed by atoms with Crippen LogP contribution in [0.3, 0.4) is 0 Å². The Labute approximate surface area is 127 Å². The van der Waals surface area contributed by atoms with E-state index in [-0.39, 0.29) is 5.41 Å². The summed E-state index contributed by atoms with van der Waals surface area (Å²) in [6, 6.07) is 0.451. The van der Waals surface area contributed by atoms with Crippen molar-refractivity contribution in [2.45, 2.75) is 58.5 Å². The maximum absolute atomic E-state index is 6.35. The quantitative estimate of drug-likeness (QED) is 0.761. The smallest absolute Gasteiger partial charge is 0.0823 e. The summed E-state index contributed by atoms with van der Waals surface area (Å²) in [5.74, 6) is 0. The zero-order valence-electron chi connectivity index (χ0n) is 13.4. The molecule has 0 fully saturated rings. The highest BCUT2D eigenvalue weighted by Gasteiger charge is 2.29. The van der Waals surface area contributed by atoms with Crippen LogP contribution in [0.15, 0.2) is 6.20 Å². The molecule has 0 bridgehead atoms. The lowest BCUT2D eigenvalue weighted by atomic mass is 9.82. The number of hydrogen-bond donors (Lipinski definition) is 1. The van der Waals surface area contributed by atoms with E-state index in [2.05, 4.69) is 38.1 Å². The summed E-state index contributed by atoms with van der Waals surface area (Å²) in [7, 11) is 1.70. The van der Waals surface area contributed by atoms with Gasteiger partial charge in [0, 0.05) is 18.6 Å². The number of nitrogens with one attached hydrogen (secondary N) is 1. The third kappa shape index (κ3) is 4.76. The predicted octanol–water partition coefficient (Wildman–Crippen LogP) is 3.24. The van der Waals surface area contributed by atoms with E-state index in [1.807, 2.05) is 4.68 Å². The molecule has 0 aliphatic heterocycles. The maximum atomic E-state index is 6.35. The molecule has 20 heavy (non-hydrogen) atoms. The second-order valence-corrected chi connectivity index (χ2v) is 6.41. The minimum atomic E-state index is -0.0263. The maximum Gasteiger partial charge on any atom is 0.0823 e. The first-order valence-corrected chi connectivity index (χ1v) is 7.74. The summed E-state index contributed by atoms with van der Waals surface area (Å²) >= 11 is 6.35. The van der Waals surface area contributed by atoms with Crippen LogP contribution < -0.4 is 5.32 Å². The first-order chi connectivity index (χ1) is 9.42. The SMILES string of the molecule is CCCNC(C)CC(C)(C)c1c(Cl)cnn1CCOC. The third-order valence-electron chi connectivity index (χ3n) is 3.50. The number of ether oxygens (including phenoxy) is 1. The van der Waals surface area contributed by atoms with Crippen LogP contribution >= 0.6 is 11.6 Å². The number of aromatic nitrogens is 2. The van der Waals surface area contributed by atoms with Gasteiger partial charge < -0.3 is 10.1 Å². The van der Waals surface area contributed by atoms with Gasteiger partial charge in [0.15, 0.2) is 0 Å². The first kappa shape index (κ1) is 17.5. The van der Waals surface area contributed by atoms with Crippen molar-refractivity contribution < 1.29 is 4.74 Å². The van der Waals surface area contributed by atoms with Crippen molar-refractivity contribution in [1.29, 1.82) is 0 Å². The van der Waals surface area contributed by atoms with E-state index in [0.29, 0.717) is 12.6 Å². The number of hydrogen-bond acceptors (Lipinski definition) is 3. The molecule has 1 atom stereocenters. The van der Waals surface area contributed by atoms with Crippen LogP contribution in [0, 0.1) is 0 Å². The van der Waals surface area contributed by atoms with Gasteiger partial charge >= 0.3 is 0 Å². The Morgan fingerprint density at radius 1 is 1.50 bits per heavy atom. The number of halogens is 1. The van der Waals surface area contributed by atoms with Crippen molar-refractivity contribution >= 4 is 11.6 Å².